The van der Waals surface area contributed by atoms with Crippen molar-refractivity contribution in [3.8, 4) is 23.0 Å². The fraction of sp³-hybridized carbons (Fsp3) is 0.300. The van der Waals surface area contributed by atoms with Crippen molar-refractivity contribution < 1.29 is 30.0 Å². The third kappa shape index (κ3) is 15.1. The Balaban J connectivity index is 0. The first-order valence-electron chi connectivity index (χ1n) is 8.93. The van der Waals surface area contributed by atoms with Crippen LogP contribution in [0.3, 0.4) is 0 Å². The summed E-state index contributed by atoms with van der Waals surface area (Å²) >= 11 is 10.6. The van der Waals surface area contributed by atoms with Crippen LogP contribution in [0.15, 0.2) is 36.4 Å². The van der Waals surface area contributed by atoms with Crippen molar-refractivity contribution in [1.82, 2.24) is 5.32 Å². The minimum Gasteiger partial charge on any atom is -0.504 e. The van der Waals surface area contributed by atoms with Crippen molar-refractivity contribution in [1.29, 1.82) is 0 Å². The molecule has 0 saturated carbocycles. The van der Waals surface area contributed by atoms with E-state index in [-0.39, 0.29) is 57.2 Å². The number of nitrogens with two attached hydrogens (primary N) is 1. The van der Waals surface area contributed by atoms with Crippen LogP contribution in [0.2, 0.25) is 0 Å². The van der Waals surface area contributed by atoms with Gasteiger partial charge in [0.05, 0.1) is 10.7 Å². The normalized spacial score (nSPS) is 9.25. The molecule has 0 heterocycles. The molecule has 0 radical (unpaired) electrons. The number of benzene rings is 2. The molecule has 8 nitrogen and oxygen atoms in total. The van der Waals surface area contributed by atoms with E-state index in [4.69, 9.17) is 32.7 Å². The van der Waals surface area contributed by atoms with Gasteiger partial charge in [-0.15, -0.1) is 12.4 Å². The van der Waals surface area contributed by atoms with Crippen molar-refractivity contribution >= 4 is 67.0 Å². The third-order valence-electron chi connectivity index (χ3n) is 3.47. The molecule has 2 aromatic carbocycles. The van der Waals surface area contributed by atoms with Crippen LogP contribution in [0.4, 0.5) is 0 Å². The van der Waals surface area contributed by atoms with Gasteiger partial charge in [0, 0.05) is 6.54 Å². The fourth-order valence-electron chi connectivity index (χ4n) is 2.01. The average Bonchev–Trinajstić information content (AvgIpc) is 2.74. The molecule has 32 heavy (non-hydrogen) atoms. The van der Waals surface area contributed by atoms with Crippen molar-refractivity contribution in [2.45, 2.75) is 12.8 Å². The van der Waals surface area contributed by atoms with Crippen molar-refractivity contribution in [3.63, 3.8) is 0 Å². The summed E-state index contributed by atoms with van der Waals surface area (Å²) in [6, 6.07) is 9.33. The molecule has 1 amide bonds. The van der Waals surface area contributed by atoms with Gasteiger partial charge in [0.1, 0.15) is 0 Å². The van der Waals surface area contributed by atoms with E-state index in [9.17, 15) is 14.7 Å². The zero-order chi connectivity index (χ0) is 23.8. The molecule has 0 aromatic heterocycles. The summed E-state index contributed by atoms with van der Waals surface area (Å²) < 4.78 is 0. The number of alkyl halides is 2. The van der Waals surface area contributed by atoms with Crippen molar-refractivity contribution in [2.75, 3.05) is 23.7 Å². The molecule has 0 fully saturated rings. The van der Waals surface area contributed by atoms with Crippen LogP contribution in [-0.2, 0) is 22.4 Å². The van der Waals surface area contributed by atoms with Gasteiger partial charge in [-0.05, 0) is 66.4 Å². The Labute approximate surface area is 214 Å². The Hall–Kier alpha value is -1.72. The lowest BCUT2D eigenvalue weighted by molar-refractivity contribution is -0.118. The van der Waals surface area contributed by atoms with Crippen LogP contribution in [-0.4, -0.2) is 55.3 Å². The number of nitrogens with one attached hydrogen (secondary N) is 1. The maximum absolute atomic E-state index is 10.9. The minimum atomic E-state index is -0.356. The third-order valence-corrected chi connectivity index (χ3v) is 4.95. The number of amides is 1. The molecule has 0 unspecified atom stereocenters. The highest BCUT2D eigenvalue weighted by atomic mass is 79.9. The van der Waals surface area contributed by atoms with Crippen LogP contribution < -0.4 is 11.1 Å². The molecule has 0 aliphatic rings. The van der Waals surface area contributed by atoms with E-state index in [1.54, 1.807) is 12.1 Å². The van der Waals surface area contributed by atoms with Crippen LogP contribution in [0.5, 0.6) is 23.0 Å². The number of hydrogen-bond donors (Lipinski definition) is 6. The van der Waals surface area contributed by atoms with Gasteiger partial charge in [-0.3, -0.25) is 9.59 Å². The Morgan fingerprint density at radius 3 is 1.62 bits per heavy atom. The van der Waals surface area contributed by atoms with E-state index in [2.05, 4.69) is 37.2 Å². The SMILES string of the molecule is Cl.NCCc1ccc(O)c(O)c1.O=C(CBr)NCCc1ccc(O)c(O)c1.O=C(Cl)CBr. The molecule has 7 N–H and O–H groups in total. The Morgan fingerprint density at radius 2 is 1.28 bits per heavy atom. The lowest BCUT2D eigenvalue weighted by atomic mass is 10.1. The second kappa shape index (κ2) is 18.8. The summed E-state index contributed by atoms with van der Waals surface area (Å²) in [6.07, 6.45) is 1.33. The van der Waals surface area contributed by atoms with Crippen LogP contribution in [0.25, 0.3) is 0 Å². The molecule has 180 valence electrons. The highest BCUT2D eigenvalue weighted by Gasteiger charge is 2.02. The number of hydrogen-bond acceptors (Lipinski definition) is 7. The number of rotatable bonds is 7. The molecule has 12 heteroatoms. The average molecular weight is 621 g/mol. The lowest BCUT2D eigenvalue weighted by Crippen LogP contribution is -2.26. The number of halogens is 4. The minimum absolute atomic E-state index is 0. The first kappa shape index (κ1) is 32.5. The van der Waals surface area contributed by atoms with E-state index in [0.717, 1.165) is 11.1 Å². The van der Waals surface area contributed by atoms with Gasteiger partial charge in [0.15, 0.2) is 23.0 Å². The van der Waals surface area contributed by atoms with Crippen LogP contribution in [0.1, 0.15) is 11.1 Å². The van der Waals surface area contributed by atoms with Crippen molar-refractivity contribution in [3.05, 3.63) is 47.5 Å². The summed E-state index contributed by atoms with van der Waals surface area (Å²) in [5, 5.41) is 39.1. The maximum atomic E-state index is 10.9. The second-order valence-corrected chi connectivity index (χ2v) is 7.45. The molecule has 0 bridgehead atoms. The van der Waals surface area contributed by atoms with Crippen molar-refractivity contribution in [2.24, 2.45) is 5.73 Å². The number of carbonyl (C=O) groups excluding carboxylic acids is 2. The van der Waals surface area contributed by atoms with Gasteiger partial charge in [-0.1, -0.05) is 44.0 Å². The predicted molar refractivity (Wildman–Crippen MR) is 135 cm³/mol. The van der Waals surface area contributed by atoms with Gasteiger partial charge < -0.3 is 31.5 Å². The van der Waals surface area contributed by atoms with E-state index in [1.807, 2.05) is 0 Å². The number of aromatic hydroxyl groups is 4. The Morgan fingerprint density at radius 1 is 0.844 bits per heavy atom. The standard InChI is InChI=1S/C10H12BrNO3.C8H11NO2.C2H2BrClO.ClH/c11-6-10(15)12-4-3-7-1-2-8(13)9(14)5-7;9-4-3-6-1-2-7(10)8(11)5-6;3-1-2(4)5;/h1-2,5,13-14H,3-4,6H2,(H,12,15);1-2,5,10-11H,3-4,9H2;1H2;1H. The molecule has 0 aliphatic heterocycles. The van der Waals surface area contributed by atoms with Crippen LogP contribution in [0, 0.1) is 0 Å². The lowest BCUT2D eigenvalue weighted by Gasteiger charge is -2.04. The largest absolute Gasteiger partial charge is 0.504 e. The molecule has 2 rings (SSSR count). The molecular formula is C20H26Br2Cl2N2O6. The van der Waals surface area contributed by atoms with Gasteiger partial charge in [-0.2, -0.15) is 0 Å². The highest BCUT2D eigenvalue weighted by molar-refractivity contribution is 9.09. The first-order valence-corrected chi connectivity index (χ1v) is 11.5. The number of carbonyl (C=O) groups is 2. The number of phenols is 4. The number of phenolic OH excluding ortho intramolecular Hbond substituents is 4. The van der Waals surface area contributed by atoms with Gasteiger partial charge in [-0.25, -0.2) is 0 Å². The molecule has 2 aromatic rings. The molecule has 0 atom stereocenters. The molecule has 0 spiro atoms. The molecule has 0 saturated heterocycles. The van der Waals surface area contributed by atoms with E-state index < -0.39 is 0 Å². The summed E-state index contributed by atoms with van der Waals surface area (Å²) in [6.45, 7) is 1.05. The first-order chi connectivity index (χ1) is 14.6. The van der Waals surface area contributed by atoms with E-state index >= 15 is 0 Å². The predicted octanol–water partition coefficient (Wildman–Crippen LogP) is 3.32. The Kier molecular flexibility index (Phi) is 19.1. The van der Waals surface area contributed by atoms with E-state index in [1.165, 1.54) is 24.3 Å². The summed E-state index contributed by atoms with van der Waals surface area (Å²) in [7, 11) is 0. The van der Waals surface area contributed by atoms with E-state index in [0.29, 0.717) is 25.9 Å². The zero-order valence-corrected chi connectivity index (χ0v) is 21.7. The molecule has 0 aliphatic carbocycles. The second-order valence-electron chi connectivity index (χ2n) is 5.91. The van der Waals surface area contributed by atoms with Crippen LogP contribution >= 0.6 is 55.9 Å². The topological polar surface area (TPSA) is 153 Å². The quantitative estimate of drug-likeness (QED) is 0.158. The zero-order valence-electron chi connectivity index (χ0n) is 16.9. The fourth-order valence-corrected chi connectivity index (χ4v) is 2.21. The summed E-state index contributed by atoms with van der Waals surface area (Å²) in [5.74, 6) is -0.526. The smallest absolute Gasteiger partial charge is 0.232 e. The molecular weight excluding hydrogens is 595 g/mol. The van der Waals surface area contributed by atoms with Gasteiger partial charge in [0.25, 0.3) is 0 Å². The maximum Gasteiger partial charge on any atom is 0.232 e. The highest BCUT2D eigenvalue weighted by Crippen LogP contribution is 2.25. The Bertz CT molecular complexity index is 844. The summed E-state index contributed by atoms with van der Waals surface area (Å²) in [4.78, 5) is 20.4. The monoisotopic (exact) mass is 618 g/mol. The summed E-state index contributed by atoms with van der Waals surface area (Å²) in [5.41, 5.74) is 7.10. The van der Waals surface area contributed by atoms with Gasteiger partial charge in [0.2, 0.25) is 11.1 Å². The van der Waals surface area contributed by atoms with Gasteiger partial charge >= 0.3 is 0 Å².